The zero-order chi connectivity index (χ0) is 25.1. The second-order valence-corrected chi connectivity index (χ2v) is 9.75. The second kappa shape index (κ2) is 10.4. The number of hydrogen-bond donors (Lipinski definition) is 1. The van der Waals surface area contributed by atoms with Crippen LogP contribution >= 0.6 is 0 Å². The number of hydrogen-bond acceptors (Lipinski definition) is 5. The van der Waals surface area contributed by atoms with Gasteiger partial charge in [-0.2, -0.15) is 10.5 Å². The Kier molecular flexibility index (Phi) is 6.84. The molecule has 0 saturated carbocycles. The monoisotopic (exact) mass is 479 g/mol. The minimum Gasteiger partial charge on any atom is -0.338 e. The van der Waals surface area contributed by atoms with E-state index in [0.717, 1.165) is 59.3 Å². The van der Waals surface area contributed by atoms with Crippen molar-refractivity contribution in [3.05, 3.63) is 60.2 Å². The summed E-state index contributed by atoms with van der Waals surface area (Å²) in [5.74, 6) is -0.357. The van der Waals surface area contributed by atoms with Crippen LogP contribution in [0.4, 0.5) is 0 Å². The third kappa shape index (κ3) is 4.63. The molecule has 0 aliphatic carbocycles. The van der Waals surface area contributed by atoms with Crippen molar-refractivity contribution >= 4 is 33.4 Å². The van der Waals surface area contributed by atoms with Gasteiger partial charge in [0.2, 0.25) is 11.9 Å². The van der Waals surface area contributed by atoms with Crippen molar-refractivity contribution in [1.82, 2.24) is 15.1 Å². The first-order chi connectivity index (χ1) is 17.6. The van der Waals surface area contributed by atoms with Gasteiger partial charge in [0.25, 0.3) is 5.91 Å². The summed E-state index contributed by atoms with van der Waals surface area (Å²) >= 11 is 0. The van der Waals surface area contributed by atoms with Gasteiger partial charge in [0.15, 0.2) is 0 Å². The van der Waals surface area contributed by atoms with Crippen LogP contribution < -0.4 is 5.32 Å². The fourth-order valence-corrected chi connectivity index (χ4v) is 5.74. The number of likely N-dealkylation sites (tertiary alicyclic amines) is 2. The number of fused-ring (bicyclic) bond motifs is 2. The average molecular weight is 480 g/mol. The maximum atomic E-state index is 13.8. The molecule has 2 aliphatic heterocycles. The third-order valence-electron chi connectivity index (χ3n) is 7.62. The first kappa shape index (κ1) is 23.8. The summed E-state index contributed by atoms with van der Waals surface area (Å²) < 4.78 is 0. The molecule has 2 fully saturated rings. The Morgan fingerprint density at radius 3 is 2.11 bits per heavy atom. The van der Waals surface area contributed by atoms with E-state index < -0.39 is 6.04 Å². The standard InChI is InChI=1S/C29H29N5O2/c30-17-23(18-31)32-28(35)22-8-5-13-34(19-22)24-11-14-33(15-12-24)29(36)27-25-9-3-1-6-20(25)16-21-7-2-4-10-26(21)27/h1-4,6-7,9-10,16,22-24H,5,8,11-15,19H2,(H,32,35)/t22-/m1/s1. The molecule has 0 unspecified atom stereocenters. The quantitative estimate of drug-likeness (QED) is 0.573. The van der Waals surface area contributed by atoms with E-state index in [-0.39, 0.29) is 17.7 Å². The molecule has 2 heterocycles. The Hall–Kier alpha value is -3.94. The van der Waals surface area contributed by atoms with Crippen molar-refractivity contribution in [3.63, 3.8) is 0 Å². The largest absolute Gasteiger partial charge is 0.338 e. The van der Waals surface area contributed by atoms with E-state index in [1.165, 1.54) is 0 Å². The van der Waals surface area contributed by atoms with Gasteiger partial charge in [0.1, 0.15) is 12.1 Å². The SMILES string of the molecule is N#CC(C#N)NC(=O)[C@@H]1CCCN(C2CCN(C(=O)c3c4ccccc4cc4ccccc34)CC2)C1. The van der Waals surface area contributed by atoms with E-state index in [9.17, 15) is 9.59 Å². The molecule has 36 heavy (non-hydrogen) atoms. The van der Waals surface area contributed by atoms with Crippen molar-refractivity contribution in [2.24, 2.45) is 5.92 Å². The molecule has 0 aromatic heterocycles. The highest BCUT2D eigenvalue weighted by Crippen LogP contribution is 2.31. The number of piperidine rings is 2. The topological polar surface area (TPSA) is 100 Å². The number of benzene rings is 3. The Balaban J connectivity index is 1.28. The highest BCUT2D eigenvalue weighted by atomic mass is 16.2. The number of rotatable bonds is 4. The van der Waals surface area contributed by atoms with Crippen LogP contribution in [-0.2, 0) is 4.79 Å². The fourth-order valence-electron chi connectivity index (χ4n) is 5.74. The van der Waals surface area contributed by atoms with Crippen LogP contribution in [0.5, 0.6) is 0 Å². The van der Waals surface area contributed by atoms with E-state index >= 15 is 0 Å². The summed E-state index contributed by atoms with van der Waals surface area (Å²) in [7, 11) is 0. The van der Waals surface area contributed by atoms with Gasteiger partial charge >= 0.3 is 0 Å². The van der Waals surface area contributed by atoms with Crippen LogP contribution in [0, 0.1) is 28.6 Å². The van der Waals surface area contributed by atoms with Crippen LogP contribution in [0.15, 0.2) is 54.6 Å². The van der Waals surface area contributed by atoms with Crippen molar-refractivity contribution in [2.45, 2.75) is 37.8 Å². The molecule has 3 aromatic carbocycles. The number of amides is 2. The number of nitriles is 2. The minimum absolute atomic E-state index is 0.0800. The van der Waals surface area contributed by atoms with Crippen molar-refractivity contribution in [3.8, 4) is 12.1 Å². The molecule has 182 valence electrons. The van der Waals surface area contributed by atoms with Gasteiger partial charge in [0, 0.05) is 25.7 Å². The molecule has 0 spiro atoms. The molecular weight excluding hydrogens is 450 g/mol. The zero-order valence-corrected chi connectivity index (χ0v) is 20.2. The summed E-state index contributed by atoms with van der Waals surface area (Å²) in [4.78, 5) is 30.7. The zero-order valence-electron chi connectivity index (χ0n) is 20.2. The van der Waals surface area contributed by atoms with Crippen molar-refractivity contribution in [2.75, 3.05) is 26.2 Å². The molecule has 0 bridgehead atoms. The van der Waals surface area contributed by atoms with Gasteiger partial charge in [0.05, 0.1) is 11.5 Å². The molecule has 1 N–H and O–H groups in total. The first-order valence-electron chi connectivity index (χ1n) is 12.6. The third-order valence-corrected chi connectivity index (χ3v) is 7.62. The molecular formula is C29H29N5O2. The van der Waals surface area contributed by atoms with E-state index in [2.05, 4.69) is 28.4 Å². The van der Waals surface area contributed by atoms with E-state index in [1.54, 1.807) is 12.1 Å². The summed E-state index contributed by atoms with van der Waals surface area (Å²) in [6.07, 6.45) is 3.39. The summed E-state index contributed by atoms with van der Waals surface area (Å²) in [6, 6.07) is 21.1. The van der Waals surface area contributed by atoms with Gasteiger partial charge in [-0.3, -0.25) is 14.5 Å². The maximum Gasteiger partial charge on any atom is 0.255 e. The Bertz CT molecular complexity index is 1310. The van der Waals surface area contributed by atoms with E-state index in [1.807, 2.05) is 41.3 Å². The lowest BCUT2D eigenvalue weighted by Gasteiger charge is -2.42. The van der Waals surface area contributed by atoms with Gasteiger partial charge in [-0.05, 0) is 59.8 Å². The molecule has 2 aliphatic rings. The van der Waals surface area contributed by atoms with Gasteiger partial charge in [-0.1, -0.05) is 48.5 Å². The van der Waals surface area contributed by atoms with Gasteiger partial charge < -0.3 is 10.2 Å². The number of nitrogens with one attached hydrogen (secondary N) is 1. The molecule has 0 radical (unpaired) electrons. The number of carbonyl (C=O) groups is 2. The Labute approximate surface area is 210 Å². The first-order valence-corrected chi connectivity index (χ1v) is 12.6. The fraction of sp³-hybridized carbons (Fsp3) is 0.379. The molecule has 2 amide bonds. The number of carbonyl (C=O) groups excluding carboxylic acids is 2. The summed E-state index contributed by atoms with van der Waals surface area (Å²) in [6.45, 7) is 2.91. The van der Waals surface area contributed by atoms with Crippen molar-refractivity contribution in [1.29, 1.82) is 10.5 Å². The molecule has 7 heteroatoms. The predicted molar refractivity (Wildman–Crippen MR) is 138 cm³/mol. The lowest BCUT2D eigenvalue weighted by Crippen LogP contribution is -2.52. The molecule has 1 atom stereocenters. The summed E-state index contributed by atoms with van der Waals surface area (Å²) in [5.41, 5.74) is 0.779. The molecule has 3 aromatic rings. The average Bonchev–Trinajstić information content (AvgIpc) is 2.94. The second-order valence-electron chi connectivity index (χ2n) is 9.75. The van der Waals surface area contributed by atoms with E-state index in [0.29, 0.717) is 25.7 Å². The number of nitrogens with zero attached hydrogens (tertiary/aromatic N) is 4. The van der Waals surface area contributed by atoms with Crippen LogP contribution in [0.25, 0.3) is 21.5 Å². The lowest BCUT2D eigenvalue weighted by molar-refractivity contribution is -0.127. The molecule has 2 saturated heterocycles. The maximum absolute atomic E-state index is 13.8. The van der Waals surface area contributed by atoms with Crippen LogP contribution in [-0.4, -0.2) is 59.9 Å². The van der Waals surface area contributed by atoms with Crippen LogP contribution in [0.1, 0.15) is 36.0 Å². The lowest BCUT2D eigenvalue weighted by atomic mass is 9.92. The normalized spacial score (nSPS) is 19.2. The smallest absolute Gasteiger partial charge is 0.255 e. The van der Waals surface area contributed by atoms with Gasteiger partial charge in [-0.25, -0.2) is 0 Å². The van der Waals surface area contributed by atoms with Gasteiger partial charge in [-0.15, -0.1) is 0 Å². The predicted octanol–water partition coefficient (Wildman–Crippen LogP) is 3.84. The summed E-state index contributed by atoms with van der Waals surface area (Å²) in [5, 5.41) is 24.6. The highest BCUT2D eigenvalue weighted by Gasteiger charge is 2.33. The molecule has 5 rings (SSSR count). The minimum atomic E-state index is -1.10. The Morgan fingerprint density at radius 1 is 0.889 bits per heavy atom. The van der Waals surface area contributed by atoms with Crippen LogP contribution in [0.3, 0.4) is 0 Å². The Morgan fingerprint density at radius 2 is 1.50 bits per heavy atom. The van der Waals surface area contributed by atoms with Crippen LogP contribution in [0.2, 0.25) is 0 Å². The highest BCUT2D eigenvalue weighted by molar-refractivity contribution is 6.18. The molecule has 7 nitrogen and oxygen atoms in total. The van der Waals surface area contributed by atoms with Crippen molar-refractivity contribution < 1.29 is 9.59 Å². The van der Waals surface area contributed by atoms with E-state index in [4.69, 9.17) is 10.5 Å².